The van der Waals surface area contributed by atoms with Crippen LogP contribution < -0.4 is 11.1 Å². The lowest BCUT2D eigenvalue weighted by Crippen LogP contribution is -2.32. The number of rotatable bonds is 3. The zero-order valence-corrected chi connectivity index (χ0v) is 11.2. The van der Waals surface area contributed by atoms with Gasteiger partial charge in [0.25, 0.3) is 0 Å². The van der Waals surface area contributed by atoms with Crippen LogP contribution in [0.5, 0.6) is 0 Å². The van der Waals surface area contributed by atoms with Crippen molar-refractivity contribution in [3.63, 3.8) is 0 Å². The molecular formula is C13H18FN3O2. The van der Waals surface area contributed by atoms with E-state index in [1.807, 2.05) is 0 Å². The molecule has 0 atom stereocenters. The first-order chi connectivity index (χ1) is 8.78. The Bertz CT molecular complexity index is 481. The maximum atomic E-state index is 12.8. The Labute approximate surface area is 111 Å². The third-order valence-electron chi connectivity index (χ3n) is 1.95. The fraction of sp³-hybridized carbons (Fsp3) is 0.385. The molecule has 0 radical (unpaired) electrons. The van der Waals surface area contributed by atoms with Crippen molar-refractivity contribution in [1.82, 2.24) is 10.3 Å². The van der Waals surface area contributed by atoms with E-state index in [2.05, 4.69) is 10.3 Å². The average Bonchev–Trinajstić information content (AvgIpc) is 2.24. The van der Waals surface area contributed by atoms with Crippen LogP contribution >= 0.6 is 0 Å². The largest absolute Gasteiger partial charge is 0.444 e. The Morgan fingerprint density at radius 2 is 2.26 bits per heavy atom. The minimum absolute atomic E-state index is 0.244. The van der Waals surface area contributed by atoms with Gasteiger partial charge in [0.15, 0.2) is 0 Å². The lowest BCUT2D eigenvalue weighted by Gasteiger charge is -2.19. The number of hydrogen-bond acceptors (Lipinski definition) is 4. The molecular weight excluding hydrogens is 249 g/mol. The molecule has 0 spiro atoms. The van der Waals surface area contributed by atoms with Crippen molar-refractivity contribution in [2.75, 3.05) is 12.3 Å². The summed E-state index contributed by atoms with van der Waals surface area (Å²) in [5, 5.41) is 2.55. The number of hydrogen-bond donors (Lipinski definition) is 2. The molecule has 104 valence electrons. The van der Waals surface area contributed by atoms with Gasteiger partial charge in [-0.2, -0.15) is 0 Å². The normalized spacial score (nSPS) is 11.6. The summed E-state index contributed by atoms with van der Waals surface area (Å²) in [7, 11) is 0. The van der Waals surface area contributed by atoms with Crippen LogP contribution in [0.2, 0.25) is 0 Å². The Morgan fingerprint density at radius 3 is 2.84 bits per heavy atom. The monoisotopic (exact) mass is 267 g/mol. The first kappa shape index (κ1) is 14.9. The molecule has 1 rings (SSSR count). The second-order valence-corrected chi connectivity index (χ2v) is 4.91. The van der Waals surface area contributed by atoms with Crippen molar-refractivity contribution in [1.29, 1.82) is 0 Å². The maximum absolute atomic E-state index is 12.8. The van der Waals surface area contributed by atoms with Crippen molar-refractivity contribution in [3.8, 4) is 0 Å². The third-order valence-corrected chi connectivity index (χ3v) is 1.95. The van der Waals surface area contributed by atoms with E-state index in [-0.39, 0.29) is 12.2 Å². The molecule has 1 aromatic rings. The molecule has 0 saturated carbocycles. The Kier molecular flexibility index (Phi) is 4.86. The van der Waals surface area contributed by atoms with E-state index in [4.69, 9.17) is 10.5 Å². The number of anilines is 1. The highest BCUT2D eigenvalue weighted by Gasteiger charge is 2.14. The summed E-state index contributed by atoms with van der Waals surface area (Å²) in [6, 6.07) is 1.19. The number of carbonyl (C=O) groups excluding carboxylic acids is 1. The van der Waals surface area contributed by atoms with Crippen LogP contribution in [0, 0.1) is 5.82 Å². The minimum Gasteiger partial charge on any atom is -0.444 e. The number of carbonyl (C=O) groups is 1. The van der Waals surface area contributed by atoms with Gasteiger partial charge in [-0.15, -0.1) is 0 Å². The van der Waals surface area contributed by atoms with E-state index in [0.29, 0.717) is 5.69 Å². The second-order valence-electron chi connectivity index (χ2n) is 4.91. The number of amides is 1. The molecule has 0 aliphatic rings. The van der Waals surface area contributed by atoms with E-state index in [1.54, 1.807) is 32.9 Å². The zero-order valence-electron chi connectivity index (χ0n) is 11.2. The average molecular weight is 267 g/mol. The molecule has 0 aliphatic carbocycles. The summed E-state index contributed by atoms with van der Waals surface area (Å²) in [4.78, 5) is 15.1. The first-order valence-electron chi connectivity index (χ1n) is 5.82. The van der Waals surface area contributed by atoms with Gasteiger partial charge in [-0.1, -0.05) is 6.08 Å². The molecule has 6 heteroatoms. The van der Waals surface area contributed by atoms with Gasteiger partial charge in [0.05, 0.1) is 17.6 Å². The van der Waals surface area contributed by atoms with Crippen LogP contribution in [0.4, 0.5) is 14.9 Å². The topological polar surface area (TPSA) is 77.2 Å². The van der Waals surface area contributed by atoms with Gasteiger partial charge in [-0.05, 0) is 26.8 Å². The van der Waals surface area contributed by atoms with Crippen LogP contribution in [-0.2, 0) is 4.74 Å². The standard InChI is InChI=1S/C13H18FN3O2/c1-13(2,3)19-12(18)16-6-4-5-11-10(15)7-9(14)8-17-11/h4-5,7-8H,6,15H2,1-3H3,(H,16,18). The van der Waals surface area contributed by atoms with Gasteiger partial charge in [0.1, 0.15) is 11.4 Å². The van der Waals surface area contributed by atoms with E-state index < -0.39 is 17.5 Å². The van der Waals surface area contributed by atoms with Crippen molar-refractivity contribution < 1.29 is 13.9 Å². The number of nitrogens with zero attached hydrogens (tertiary/aromatic N) is 1. The molecule has 0 unspecified atom stereocenters. The molecule has 0 bridgehead atoms. The predicted octanol–water partition coefficient (Wildman–Crippen LogP) is 2.34. The smallest absolute Gasteiger partial charge is 0.407 e. The summed E-state index contributed by atoms with van der Waals surface area (Å²) in [6.07, 6.45) is 3.83. The number of aromatic nitrogens is 1. The number of halogens is 1. The molecule has 1 aromatic heterocycles. The molecule has 0 fully saturated rings. The fourth-order valence-electron chi connectivity index (χ4n) is 1.23. The zero-order chi connectivity index (χ0) is 14.5. The van der Waals surface area contributed by atoms with Gasteiger partial charge in [0.2, 0.25) is 0 Å². The summed E-state index contributed by atoms with van der Waals surface area (Å²) in [5.74, 6) is -0.485. The van der Waals surface area contributed by atoms with Gasteiger partial charge in [-0.25, -0.2) is 9.18 Å². The van der Waals surface area contributed by atoms with Gasteiger partial charge in [0, 0.05) is 12.6 Å². The number of pyridine rings is 1. The number of nitrogens with two attached hydrogens (primary N) is 1. The minimum atomic E-state index is -0.531. The predicted molar refractivity (Wildman–Crippen MR) is 71.9 cm³/mol. The highest BCUT2D eigenvalue weighted by atomic mass is 19.1. The molecule has 1 heterocycles. The van der Waals surface area contributed by atoms with Crippen LogP contribution in [0.15, 0.2) is 18.3 Å². The number of nitrogen functional groups attached to an aromatic ring is 1. The molecule has 0 aliphatic heterocycles. The Morgan fingerprint density at radius 1 is 1.58 bits per heavy atom. The summed E-state index contributed by atoms with van der Waals surface area (Å²) in [6.45, 7) is 5.62. The Balaban J connectivity index is 2.44. The van der Waals surface area contributed by atoms with Crippen LogP contribution in [-0.4, -0.2) is 23.2 Å². The van der Waals surface area contributed by atoms with Gasteiger partial charge in [-0.3, -0.25) is 4.98 Å². The van der Waals surface area contributed by atoms with E-state index in [1.165, 1.54) is 6.07 Å². The maximum Gasteiger partial charge on any atom is 0.407 e. The molecule has 1 amide bonds. The summed E-state index contributed by atoms with van der Waals surface area (Å²) >= 11 is 0. The molecule has 0 aromatic carbocycles. The highest BCUT2D eigenvalue weighted by molar-refractivity contribution is 5.68. The van der Waals surface area contributed by atoms with Crippen molar-refractivity contribution >= 4 is 17.9 Å². The number of alkyl carbamates (subject to hydrolysis) is 1. The SMILES string of the molecule is CC(C)(C)OC(=O)NCC=Cc1ncc(F)cc1N. The van der Waals surface area contributed by atoms with Gasteiger partial charge < -0.3 is 15.8 Å². The first-order valence-corrected chi connectivity index (χ1v) is 5.82. The third kappa shape index (κ3) is 5.85. The second kappa shape index (κ2) is 6.17. The molecule has 3 N–H and O–H groups in total. The van der Waals surface area contributed by atoms with Gasteiger partial charge >= 0.3 is 6.09 Å². The van der Waals surface area contributed by atoms with Crippen LogP contribution in [0.3, 0.4) is 0 Å². The molecule has 5 nitrogen and oxygen atoms in total. The summed E-state index contributed by atoms with van der Waals surface area (Å²) in [5.41, 5.74) is 5.75. The quantitative estimate of drug-likeness (QED) is 0.881. The molecule has 19 heavy (non-hydrogen) atoms. The van der Waals surface area contributed by atoms with Crippen molar-refractivity contribution in [3.05, 3.63) is 29.9 Å². The lowest BCUT2D eigenvalue weighted by molar-refractivity contribution is 0.0534. The van der Waals surface area contributed by atoms with E-state index >= 15 is 0 Å². The summed E-state index contributed by atoms with van der Waals surface area (Å²) < 4.78 is 17.8. The molecule has 0 saturated heterocycles. The van der Waals surface area contributed by atoms with E-state index in [9.17, 15) is 9.18 Å². The fourth-order valence-corrected chi connectivity index (χ4v) is 1.23. The van der Waals surface area contributed by atoms with Crippen LogP contribution in [0.1, 0.15) is 26.5 Å². The van der Waals surface area contributed by atoms with E-state index in [0.717, 1.165) is 6.20 Å². The highest BCUT2D eigenvalue weighted by Crippen LogP contribution is 2.11. The Hall–Kier alpha value is -2.11. The van der Waals surface area contributed by atoms with Crippen LogP contribution in [0.25, 0.3) is 6.08 Å². The van der Waals surface area contributed by atoms with Crippen molar-refractivity contribution in [2.24, 2.45) is 0 Å². The van der Waals surface area contributed by atoms with Crippen molar-refractivity contribution in [2.45, 2.75) is 26.4 Å². The lowest BCUT2D eigenvalue weighted by atomic mass is 10.2. The number of nitrogens with one attached hydrogen (secondary N) is 1. The number of ether oxygens (including phenoxy) is 1.